The lowest BCUT2D eigenvalue weighted by molar-refractivity contribution is -0.140. The van der Waals surface area contributed by atoms with Gasteiger partial charge in [0.2, 0.25) is 11.8 Å². The molecule has 45 heavy (non-hydrogen) atoms. The first-order valence-electron chi connectivity index (χ1n) is 14.7. The van der Waals surface area contributed by atoms with E-state index in [9.17, 15) is 18.0 Å². The van der Waals surface area contributed by atoms with E-state index < -0.39 is 40.2 Å². The minimum absolute atomic E-state index is 0.0110. The lowest BCUT2D eigenvalue weighted by atomic mass is 10.0. The highest BCUT2D eigenvalue weighted by atomic mass is 79.9. The van der Waals surface area contributed by atoms with Gasteiger partial charge in [-0.05, 0) is 62.2 Å². The van der Waals surface area contributed by atoms with Crippen LogP contribution in [0.15, 0.2) is 112 Å². The molecule has 4 aromatic carbocycles. The first-order chi connectivity index (χ1) is 21.5. The summed E-state index contributed by atoms with van der Waals surface area (Å²) < 4.78 is 44.9. The molecule has 10 heteroatoms. The maximum absolute atomic E-state index is 15.0. The summed E-state index contributed by atoms with van der Waals surface area (Å²) >= 11 is 3.41. The summed E-state index contributed by atoms with van der Waals surface area (Å²) in [7, 11) is -4.23. The number of amides is 2. The van der Waals surface area contributed by atoms with E-state index in [0.29, 0.717) is 10.9 Å². The average Bonchev–Trinajstić information content (AvgIpc) is 3.02. The summed E-state index contributed by atoms with van der Waals surface area (Å²) in [4.78, 5) is 29.6. The maximum Gasteiger partial charge on any atom is 0.264 e. The van der Waals surface area contributed by atoms with Crippen LogP contribution in [0.2, 0.25) is 0 Å². The van der Waals surface area contributed by atoms with Crippen molar-refractivity contribution in [2.24, 2.45) is 0 Å². The van der Waals surface area contributed by atoms with E-state index in [1.54, 1.807) is 54.6 Å². The van der Waals surface area contributed by atoms with Gasteiger partial charge in [0.05, 0.1) is 10.6 Å². The van der Waals surface area contributed by atoms with Crippen LogP contribution in [0, 0.1) is 12.7 Å². The fourth-order valence-electron chi connectivity index (χ4n) is 4.80. The van der Waals surface area contributed by atoms with Crippen LogP contribution in [0.1, 0.15) is 37.0 Å². The third kappa shape index (κ3) is 8.79. The summed E-state index contributed by atoms with van der Waals surface area (Å²) in [5, 5.41) is 2.97. The van der Waals surface area contributed by atoms with E-state index in [2.05, 4.69) is 21.2 Å². The van der Waals surface area contributed by atoms with Gasteiger partial charge in [0.15, 0.2) is 0 Å². The highest BCUT2D eigenvalue weighted by Gasteiger charge is 2.35. The van der Waals surface area contributed by atoms with Crippen LogP contribution in [0.3, 0.4) is 0 Å². The predicted octanol–water partition coefficient (Wildman–Crippen LogP) is 6.65. The van der Waals surface area contributed by atoms with E-state index in [1.807, 2.05) is 51.1 Å². The number of nitrogens with one attached hydrogen (secondary N) is 1. The fourth-order valence-corrected chi connectivity index (χ4v) is 6.60. The zero-order chi connectivity index (χ0) is 32.6. The number of sulfonamides is 1. The summed E-state index contributed by atoms with van der Waals surface area (Å²) in [5.41, 5.74) is 2.14. The molecule has 0 fully saturated rings. The van der Waals surface area contributed by atoms with Crippen molar-refractivity contribution < 1.29 is 22.4 Å². The highest BCUT2D eigenvalue weighted by Crippen LogP contribution is 2.28. The van der Waals surface area contributed by atoms with Crippen molar-refractivity contribution in [1.82, 2.24) is 10.2 Å². The molecule has 7 nitrogen and oxygen atoms in total. The minimum Gasteiger partial charge on any atom is -0.352 e. The Morgan fingerprint density at radius 2 is 1.58 bits per heavy atom. The Morgan fingerprint density at radius 1 is 0.911 bits per heavy atom. The van der Waals surface area contributed by atoms with Gasteiger partial charge in [-0.15, -0.1) is 0 Å². The van der Waals surface area contributed by atoms with Crippen molar-refractivity contribution in [3.63, 3.8) is 0 Å². The third-order valence-corrected chi connectivity index (χ3v) is 9.84. The van der Waals surface area contributed by atoms with E-state index in [-0.39, 0.29) is 35.2 Å². The minimum atomic E-state index is -4.23. The maximum atomic E-state index is 15.0. The molecule has 0 saturated carbocycles. The Morgan fingerprint density at radius 3 is 2.22 bits per heavy atom. The van der Waals surface area contributed by atoms with Gasteiger partial charge in [-0.2, -0.15) is 0 Å². The molecule has 0 radical (unpaired) electrons. The zero-order valence-electron chi connectivity index (χ0n) is 25.5. The number of aryl methyl sites for hydroxylation is 1. The first-order valence-corrected chi connectivity index (χ1v) is 16.9. The molecular formula is C35H37BrFN3O4S. The number of hydrogen-bond acceptors (Lipinski definition) is 4. The van der Waals surface area contributed by atoms with Crippen LogP contribution >= 0.6 is 15.9 Å². The van der Waals surface area contributed by atoms with Crippen molar-refractivity contribution in [3.05, 3.63) is 130 Å². The molecule has 2 unspecified atom stereocenters. The van der Waals surface area contributed by atoms with Crippen LogP contribution in [-0.2, 0) is 32.6 Å². The first kappa shape index (κ1) is 33.9. The number of halogens is 2. The van der Waals surface area contributed by atoms with Crippen LogP contribution in [0.5, 0.6) is 0 Å². The van der Waals surface area contributed by atoms with Gasteiger partial charge in [-0.25, -0.2) is 12.8 Å². The van der Waals surface area contributed by atoms with Crippen LogP contribution in [0.25, 0.3) is 0 Å². The predicted molar refractivity (Wildman–Crippen MR) is 179 cm³/mol. The number of rotatable bonds is 13. The van der Waals surface area contributed by atoms with Gasteiger partial charge in [-0.1, -0.05) is 95.1 Å². The molecule has 4 rings (SSSR count). The van der Waals surface area contributed by atoms with Gasteiger partial charge in [-0.3, -0.25) is 13.9 Å². The molecular weight excluding hydrogens is 657 g/mol. The molecule has 0 aliphatic carbocycles. The Balaban J connectivity index is 1.82. The normalized spacial score (nSPS) is 12.6. The second-order valence-electron chi connectivity index (χ2n) is 10.9. The molecule has 4 aromatic rings. The number of nitrogens with zero attached hydrogens (tertiary/aromatic N) is 2. The SMILES string of the molecule is CCC(C)NC(=O)C(Cc1ccccc1)N(Cc1ccccc1F)C(=O)CN(c1cccc(Br)c1)S(=O)(=O)c1ccc(C)cc1. The van der Waals surface area contributed by atoms with Gasteiger partial charge < -0.3 is 10.2 Å². The Kier molecular flexibility index (Phi) is 11.5. The number of benzene rings is 4. The second kappa shape index (κ2) is 15.3. The Labute approximate surface area is 273 Å². The van der Waals surface area contributed by atoms with Crippen molar-refractivity contribution in [2.75, 3.05) is 10.8 Å². The summed E-state index contributed by atoms with van der Waals surface area (Å²) in [6.07, 6.45) is 0.807. The molecule has 0 bridgehead atoms. The van der Waals surface area contributed by atoms with E-state index in [0.717, 1.165) is 15.4 Å². The summed E-state index contributed by atoms with van der Waals surface area (Å²) in [5.74, 6) is -1.60. The monoisotopic (exact) mass is 693 g/mol. The van der Waals surface area contributed by atoms with Crippen LogP contribution in [0.4, 0.5) is 10.1 Å². The van der Waals surface area contributed by atoms with E-state index >= 15 is 4.39 Å². The second-order valence-corrected chi connectivity index (χ2v) is 13.7. The van der Waals surface area contributed by atoms with E-state index in [1.165, 1.54) is 23.1 Å². The third-order valence-electron chi connectivity index (χ3n) is 7.55. The highest BCUT2D eigenvalue weighted by molar-refractivity contribution is 9.10. The largest absolute Gasteiger partial charge is 0.352 e. The molecule has 2 atom stereocenters. The molecule has 1 N–H and O–H groups in total. The molecule has 236 valence electrons. The fraction of sp³-hybridized carbons (Fsp3) is 0.257. The van der Waals surface area contributed by atoms with Gasteiger partial charge in [0.25, 0.3) is 10.0 Å². The quantitative estimate of drug-likeness (QED) is 0.170. The van der Waals surface area contributed by atoms with Crippen LogP contribution < -0.4 is 9.62 Å². The van der Waals surface area contributed by atoms with E-state index in [4.69, 9.17) is 0 Å². The molecule has 0 aliphatic rings. The van der Waals surface area contributed by atoms with Gasteiger partial charge in [0.1, 0.15) is 18.4 Å². The van der Waals surface area contributed by atoms with Gasteiger partial charge in [0, 0.05) is 29.0 Å². The lowest BCUT2D eigenvalue weighted by Gasteiger charge is -2.34. The number of carbonyl (C=O) groups is 2. The zero-order valence-corrected chi connectivity index (χ0v) is 27.9. The number of carbonyl (C=O) groups excluding carboxylic acids is 2. The van der Waals surface area contributed by atoms with Crippen molar-refractivity contribution in [3.8, 4) is 0 Å². The van der Waals surface area contributed by atoms with Crippen LogP contribution in [-0.4, -0.2) is 43.8 Å². The lowest BCUT2D eigenvalue weighted by Crippen LogP contribution is -2.54. The molecule has 0 heterocycles. The summed E-state index contributed by atoms with van der Waals surface area (Å²) in [6.45, 7) is 4.79. The Hall–Kier alpha value is -4.02. The molecule has 0 saturated heterocycles. The standard InChI is InChI=1S/C35H37BrFN3O4S/c1-4-26(3)38-35(42)33(21-27-11-6-5-7-12-27)39(23-28-13-8-9-16-32(28)37)34(41)24-40(30-15-10-14-29(36)22-30)45(43,44)31-19-17-25(2)18-20-31/h5-20,22,26,33H,4,21,23-24H2,1-3H3,(H,38,42). The smallest absolute Gasteiger partial charge is 0.264 e. The van der Waals surface area contributed by atoms with Crippen molar-refractivity contribution >= 4 is 43.5 Å². The average molecular weight is 695 g/mol. The number of hydrogen-bond donors (Lipinski definition) is 1. The van der Waals surface area contributed by atoms with Crippen molar-refractivity contribution in [2.45, 2.75) is 57.1 Å². The Bertz CT molecular complexity index is 1720. The van der Waals surface area contributed by atoms with Gasteiger partial charge >= 0.3 is 0 Å². The topological polar surface area (TPSA) is 86.8 Å². The van der Waals surface area contributed by atoms with Crippen molar-refractivity contribution in [1.29, 1.82) is 0 Å². The number of anilines is 1. The summed E-state index contributed by atoms with van der Waals surface area (Å²) in [6, 6.07) is 27.0. The molecule has 0 aromatic heterocycles. The molecule has 0 spiro atoms. The molecule has 2 amide bonds. The molecule has 0 aliphatic heterocycles.